The van der Waals surface area contributed by atoms with E-state index in [1.165, 1.54) is 24.4 Å². The normalized spacial score (nSPS) is 14.9. The van der Waals surface area contributed by atoms with E-state index in [9.17, 15) is 18.0 Å². The van der Waals surface area contributed by atoms with Gasteiger partial charge >= 0.3 is 6.18 Å². The second-order valence-electron chi connectivity index (χ2n) is 6.53. The zero-order valence-corrected chi connectivity index (χ0v) is 15.3. The summed E-state index contributed by atoms with van der Waals surface area (Å²) in [5.41, 5.74) is -1.01. The second kappa shape index (κ2) is 7.53. The first-order valence-corrected chi connectivity index (χ1v) is 8.98. The van der Waals surface area contributed by atoms with Crippen LogP contribution in [0.25, 0.3) is 5.69 Å². The molecule has 0 radical (unpaired) electrons. The lowest BCUT2D eigenvalue weighted by atomic mass is 10.1. The molecule has 3 heterocycles. The number of alkyl halides is 3. The van der Waals surface area contributed by atoms with Crippen molar-refractivity contribution in [3.8, 4) is 5.69 Å². The molecule has 2 aromatic heterocycles. The number of carbonyl (C=O) groups excluding carboxylic acids is 1. The number of amides is 1. The van der Waals surface area contributed by atoms with Crippen LogP contribution in [0.1, 0.15) is 16.1 Å². The lowest BCUT2D eigenvalue weighted by Gasteiger charge is -2.35. The summed E-state index contributed by atoms with van der Waals surface area (Å²) in [6.07, 6.45) is -1.59. The maximum Gasteiger partial charge on any atom is 0.418 e. The Bertz CT molecular complexity index is 996. The molecule has 10 heteroatoms. The van der Waals surface area contributed by atoms with Gasteiger partial charge in [-0.05, 0) is 24.3 Å². The quantitative estimate of drug-likeness (QED) is 0.674. The number of carbonyl (C=O) groups is 1. The van der Waals surface area contributed by atoms with Crippen molar-refractivity contribution in [2.45, 2.75) is 6.18 Å². The van der Waals surface area contributed by atoms with E-state index in [0.717, 1.165) is 16.6 Å². The van der Waals surface area contributed by atoms with Crippen molar-refractivity contribution in [1.82, 2.24) is 24.9 Å². The SMILES string of the molecule is O=C(c1cn(-c2ccccc2C(F)(F)F)nn1)N1CCN(c2ccccn2)CC1. The highest BCUT2D eigenvalue weighted by molar-refractivity contribution is 5.92. The maximum absolute atomic E-state index is 13.2. The third kappa shape index (κ3) is 3.91. The molecule has 7 nitrogen and oxygen atoms in total. The lowest BCUT2D eigenvalue weighted by molar-refractivity contribution is -0.137. The van der Waals surface area contributed by atoms with Crippen molar-refractivity contribution >= 4 is 11.7 Å². The molecule has 0 aliphatic carbocycles. The van der Waals surface area contributed by atoms with Gasteiger partial charge in [0.25, 0.3) is 5.91 Å². The minimum Gasteiger partial charge on any atom is -0.353 e. The van der Waals surface area contributed by atoms with Crippen LogP contribution in [-0.2, 0) is 6.18 Å². The van der Waals surface area contributed by atoms with E-state index >= 15 is 0 Å². The van der Waals surface area contributed by atoms with E-state index in [0.29, 0.717) is 26.2 Å². The fourth-order valence-electron chi connectivity index (χ4n) is 3.23. The highest BCUT2D eigenvalue weighted by atomic mass is 19.4. The number of halogens is 3. The second-order valence-corrected chi connectivity index (χ2v) is 6.53. The maximum atomic E-state index is 13.2. The summed E-state index contributed by atoms with van der Waals surface area (Å²) in [4.78, 5) is 20.7. The van der Waals surface area contributed by atoms with E-state index in [2.05, 4.69) is 20.2 Å². The van der Waals surface area contributed by atoms with Crippen LogP contribution in [0.3, 0.4) is 0 Å². The van der Waals surface area contributed by atoms with Crippen LogP contribution in [-0.4, -0.2) is 57.0 Å². The molecule has 0 atom stereocenters. The third-order valence-corrected chi connectivity index (χ3v) is 4.71. The van der Waals surface area contributed by atoms with Gasteiger partial charge in [-0.3, -0.25) is 4.79 Å². The summed E-state index contributed by atoms with van der Waals surface area (Å²) in [6, 6.07) is 10.7. The van der Waals surface area contributed by atoms with Crippen molar-refractivity contribution in [3.05, 3.63) is 66.1 Å². The molecular formula is C19H17F3N6O. The van der Waals surface area contributed by atoms with Crippen LogP contribution in [0, 0.1) is 0 Å². The van der Waals surface area contributed by atoms with E-state index in [-0.39, 0.29) is 17.3 Å². The number of anilines is 1. The number of nitrogens with zero attached hydrogens (tertiary/aromatic N) is 6. The first-order valence-electron chi connectivity index (χ1n) is 8.98. The molecule has 0 unspecified atom stereocenters. The van der Waals surface area contributed by atoms with E-state index in [1.54, 1.807) is 11.1 Å². The Morgan fingerprint density at radius 3 is 2.38 bits per heavy atom. The number of aromatic nitrogens is 4. The lowest BCUT2D eigenvalue weighted by Crippen LogP contribution is -2.49. The van der Waals surface area contributed by atoms with Crippen molar-refractivity contribution in [1.29, 1.82) is 0 Å². The zero-order chi connectivity index (χ0) is 20.4. The highest BCUT2D eigenvalue weighted by Crippen LogP contribution is 2.33. The number of hydrogen-bond acceptors (Lipinski definition) is 5. The van der Waals surface area contributed by atoms with Crippen LogP contribution in [0.4, 0.5) is 19.0 Å². The molecule has 29 heavy (non-hydrogen) atoms. The van der Waals surface area contributed by atoms with E-state index in [4.69, 9.17) is 0 Å². The van der Waals surface area contributed by atoms with Crippen molar-refractivity contribution in [2.75, 3.05) is 31.1 Å². The van der Waals surface area contributed by atoms with Crippen molar-refractivity contribution in [3.63, 3.8) is 0 Å². The van der Waals surface area contributed by atoms with E-state index < -0.39 is 11.7 Å². The van der Waals surface area contributed by atoms with Gasteiger partial charge in [-0.15, -0.1) is 5.10 Å². The number of para-hydroxylation sites is 1. The van der Waals surface area contributed by atoms with Gasteiger partial charge in [-0.2, -0.15) is 13.2 Å². The van der Waals surface area contributed by atoms with Gasteiger partial charge in [-0.1, -0.05) is 23.4 Å². The molecule has 4 rings (SSSR count). The van der Waals surface area contributed by atoms with Crippen LogP contribution in [0.2, 0.25) is 0 Å². The predicted octanol–water partition coefficient (Wildman–Crippen LogP) is 2.64. The average molecular weight is 402 g/mol. The molecule has 0 bridgehead atoms. The molecule has 0 saturated carbocycles. The molecule has 1 fully saturated rings. The minimum absolute atomic E-state index is 0.00765. The van der Waals surface area contributed by atoms with Crippen LogP contribution < -0.4 is 4.90 Å². The molecule has 150 valence electrons. The van der Waals surface area contributed by atoms with Crippen LogP contribution >= 0.6 is 0 Å². The van der Waals surface area contributed by atoms with Crippen LogP contribution in [0.5, 0.6) is 0 Å². The summed E-state index contributed by atoms with van der Waals surface area (Å²) in [7, 11) is 0. The summed E-state index contributed by atoms with van der Waals surface area (Å²) in [6.45, 7) is 2.13. The Morgan fingerprint density at radius 1 is 0.966 bits per heavy atom. The summed E-state index contributed by atoms with van der Waals surface area (Å²) >= 11 is 0. The Kier molecular flexibility index (Phi) is 4.91. The zero-order valence-electron chi connectivity index (χ0n) is 15.3. The standard InChI is InChI=1S/C19H17F3N6O/c20-19(21,22)14-5-1-2-6-16(14)28-13-15(24-25-28)18(29)27-11-9-26(10-12-27)17-7-3-4-8-23-17/h1-8,13H,9-12H2. The number of benzene rings is 1. The summed E-state index contributed by atoms with van der Waals surface area (Å²) in [5.74, 6) is 0.482. The van der Waals surface area contributed by atoms with Gasteiger partial charge in [0.15, 0.2) is 5.69 Å². The fourth-order valence-corrected chi connectivity index (χ4v) is 3.23. The Morgan fingerprint density at radius 2 is 1.69 bits per heavy atom. The van der Waals surface area contributed by atoms with Gasteiger partial charge in [-0.25, -0.2) is 9.67 Å². The number of pyridine rings is 1. The summed E-state index contributed by atoms with van der Waals surface area (Å²) in [5, 5.41) is 7.53. The first-order chi connectivity index (χ1) is 13.9. The third-order valence-electron chi connectivity index (χ3n) is 4.71. The van der Waals surface area contributed by atoms with E-state index in [1.807, 2.05) is 18.2 Å². The molecule has 1 aliphatic heterocycles. The molecule has 1 aliphatic rings. The smallest absolute Gasteiger partial charge is 0.353 e. The highest BCUT2D eigenvalue weighted by Gasteiger charge is 2.34. The van der Waals surface area contributed by atoms with Gasteiger partial charge in [0.2, 0.25) is 0 Å². The molecule has 1 amide bonds. The first kappa shape index (κ1) is 18.9. The number of piperazine rings is 1. The topological polar surface area (TPSA) is 67.2 Å². The Balaban J connectivity index is 1.48. The molecule has 1 aromatic carbocycles. The van der Waals surface area contributed by atoms with Crippen LogP contribution in [0.15, 0.2) is 54.9 Å². The average Bonchev–Trinajstić information content (AvgIpc) is 3.23. The van der Waals surface area contributed by atoms with Gasteiger partial charge in [0.05, 0.1) is 17.4 Å². The molecular weight excluding hydrogens is 385 g/mol. The number of hydrogen-bond donors (Lipinski definition) is 0. The monoisotopic (exact) mass is 402 g/mol. The van der Waals surface area contributed by atoms with Gasteiger partial charge < -0.3 is 9.80 Å². The van der Waals surface area contributed by atoms with Gasteiger partial charge in [0.1, 0.15) is 5.82 Å². The molecule has 0 spiro atoms. The Labute approximate surface area is 164 Å². The predicted molar refractivity (Wildman–Crippen MR) is 98.7 cm³/mol. The summed E-state index contributed by atoms with van der Waals surface area (Å²) < 4.78 is 40.6. The molecule has 0 N–H and O–H groups in total. The van der Waals surface area contributed by atoms with Crippen molar-refractivity contribution < 1.29 is 18.0 Å². The number of rotatable bonds is 3. The molecule has 1 saturated heterocycles. The Hall–Kier alpha value is -3.43. The van der Waals surface area contributed by atoms with Crippen molar-refractivity contribution in [2.24, 2.45) is 0 Å². The van der Waals surface area contributed by atoms with Gasteiger partial charge in [0, 0.05) is 32.4 Å². The fraction of sp³-hybridized carbons (Fsp3) is 0.263. The largest absolute Gasteiger partial charge is 0.418 e. The molecule has 3 aromatic rings. The minimum atomic E-state index is -4.53.